The SMILES string of the molecule is CCOc1ccc(/C(O)=C2\C(=O)C(=O)N(Cc3cccnc3)[C@H]2c2ccc(Cl)cc2)cc1. The molecular weight excluding hydrogens is 428 g/mol. The second-order valence-electron chi connectivity index (χ2n) is 7.30. The molecule has 162 valence electrons. The number of carbonyl (C=O) groups is 2. The third kappa shape index (κ3) is 4.22. The minimum Gasteiger partial charge on any atom is -0.507 e. The van der Waals surface area contributed by atoms with E-state index in [2.05, 4.69) is 4.98 Å². The second-order valence-corrected chi connectivity index (χ2v) is 7.73. The van der Waals surface area contributed by atoms with Gasteiger partial charge in [-0.1, -0.05) is 29.8 Å². The third-order valence-corrected chi connectivity index (χ3v) is 5.49. The summed E-state index contributed by atoms with van der Waals surface area (Å²) < 4.78 is 5.44. The number of nitrogens with zero attached hydrogens (tertiary/aromatic N) is 2. The van der Waals surface area contributed by atoms with Crippen molar-refractivity contribution < 1.29 is 19.4 Å². The lowest BCUT2D eigenvalue weighted by molar-refractivity contribution is -0.140. The number of pyridine rings is 1. The maximum Gasteiger partial charge on any atom is 0.295 e. The van der Waals surface area contributed by atoms with Crippen molar-refractivity contribution in [2.75, 3.05) is 6.61 Å². The molecule has 1 aliphatic heterocycles. The minimum absolute atomic E-state index is 0.0328. The molecule has 0 aliphatic carbocycles. The van der Waals surface area contributed by atoms with Crippen molar-refractivity contribution in [3.05, 3.63) is 100 Å². The van der Waals surface area contributed by atoms with Crippen molar-refractivity contribution in [3.8, 4) is 5.75 Å². The van der Waals surface area contributed by atoms with Gasteiger partial charge in [-0.2, -0.15) is 0 Å². The molecule has 1 amide bonds. The molecule has 1 saturated heterocycles. The highest BCUT2D eigenvalue weighted by molar-refractivity contribution is 6.46. The zero-order valence-electron chi connectivity index (χ0n) is 17.4. The second kappa shape index (κ2) is 9.24. The van der Waals surface area contributed by atoms with E-state index in [0.29, 0.717) is 28.5 Å². The van der Waals surface area contributed by atoms with Crippen molar-refractivity contribution in [1.82, 2.24) is 9.88 Å². The van der Waals surface area contributed by atoms with Crippen LogP contribution < -0.4 is 4.74 Å². The molecule has 1 atom stereocenters. The van der Waals surface area contributed by atoms with E-state index in [-0.39, 0.29) is 17.9 Å². The Hall–Kier alpha value is -3.64. The summed E-state index contributed by atoms with van der Waals surface area (Å²) in [4.78, 5) is 31.6. The monoisotopic (exact) mass is 448 g/mol. The molecule has 0 saturated carbocycles. The fourth-order valence-electron chi connectivity index (χ4n) is 3.75. The summed E-state index contributed by atoms with van der Waals surface area (Å²) in [7, 11) is 0. The Bertz CT molecular complexity index is 1160. The zero-order valence-corrected chi connectivity index (χ0v) is 18.1. The van der Waals surface area contributed by atoms with Gasteiger partial charge in [0, 0.05) is 29.5 Å². The molecule has 3 aromatic rings. The smallest absolute Gasteiger partial charge is 0.295 e. The predicted molar refractivity (Wildman–Crippen MR) is 121 cm³/mol. The number of hydrogen-bond acceptors (Lipinski definition) is 5. The molecule has 0 unspecified atom stereocenters. The highest BCUT2D eigenvalue weighted by Crippen LogP contribution is 2.40. The summed E-state index contributed by atoms with van der Waals surface area (Å²) in [6.07, 6.45) is 3.28. The van der Waals surface area contributed by atoms with Crippen LogP contribution in [0.25, 0.3) is 5.76 Å². The number of carbonyl (C=O) groups excluding carboxylic acids is 2. The fourth-order valence-corrected chi connectivity index (χ4v) is 3.88. The van der Waals surface area contributed by atoms with E-state index in [0.717, 1.165) is 5.56 Å². The Morgan fingerprint density at radius 1 is 1.09 bits per heavy atom. The molecule has 1 fully saturated rings. The van der Waals surface area contributed by atoms with Gasteiger partial charge in [0.15, 0.2) is 0 Å². The molecule has 32 heavy (non-hydrogen) atoms. The van der Waals surface area contributed by atoms with Gasteiger partial charge in [-0.3, -0.25) is 14.6 Å². The van der Waals surface area contributed by atoms with Gasteiger partial charge < -0.3 is 14.7 Å². The first-order chi connectivity index (χ1) is 15.5. The molecule has 2 heterocycles. The number of halogens is 1. The summed E-state index contributed by atoms with van der Waals surface area (Å²) in [5.74, 6) is -1.00. The van der Waals surface area contributed by atoms with Gasteiger partial charge in [0.05, 0.1) is 18.2 Å². The Kier molecular flexibility index (Phi) is 6.23. The third-order valence-electron chi connectivity index (χ3n) is 5.24. The average molecular weight is 449 g/mol. The van der Waals surface area contributed by atoms with Crippen molar-refractivity contribution in [2.24, 2.45) is 0 Å². The molecular formula is C25H21ClN2O4. The molecule has 1 aliphatic rings. The van der Waals surface area contributed by atoms with Gasteiger partial charge in [-0.05, 0) is 60.5 Å². The number of rotatable bonds is 6. The number of benzene rings is 2. The molecule has 0 spiro atoms. The van der Waals surface area contributed by atoms with Crippen molar-refractivity contribution in [1.29, 1.82) is 0 Å². The zero-order chi connectivity index (χ0) is 22.7. The highest BCUT2D eigenvalue weighted by Gasteiger charge is 2.46. The topological polar surface area (TPSA) is 79.7 Å². The minimum atomic E-state index is -0.765. The van der Waals surface area contributed by atoms with Crippen LogP contribution in [0.2, 0.25) is 5.02 Å². The number of hydrogen-bond donors (Lipinski definition) is 1. The van der Waals surface area contributed by atoms with E-state index in [9.17, 15) is 14.7 Å². The Morgan fingerprint density at radius 2 is 1.81 bits per heavy atom. The van der Waals surface area contributed by atoms with Gasteiger partial charge in [0.2, 0.25) is 0 Å². The molecule has 6 nitrogen and oxygen atoms in total. The quantitative estimate of drug-likeness (QED) is 0.334. The van der Waals surface area contributed by atoms with Crippen LogP contribution in [0.15, 0.2) is 78.6 Å². The van der Waals surface area contributed by atoms with E-state index in [4.69, 9.17) is 16.3 Å². The van der Waals surface area contributed by atoms with Gasteiger partial charge in [0.25, 0.3) is 11.7 Å². The van der Waals surface area contributed by atoms with Gasteiger partial charge in [-0.25, -0.2) is 0 Å². The van der Waals surface area contributed by atoms with E-state index in [1.54, 1.807) is 67.0 Å². The van der Waals surface area contributed by atoms with Gasteiger partial charge in [-0.15, -0.1) is 0 Å². The molecule has 4 rings (SSSR count). The largest absolute Gasteiger partial charge is 0.507 e. The van der Waals surface area contributed by atoms with Crippen LogP contribution in [-0.2, 0) is 16.1 Å². The Balaban J connectivity index is 1.81. The summed E-state index contributed by atoms with van der Waals surface area (Å²) in [6, 6.07) is 16.5. The predicted octanol–water partition coefficient (Wildman–Crippen LogP) is 4.76. The summed E-state index contributed by atoms with van der Waals surface area (Å²) in [6.45, 7) is 2.57. The van der Waals surface area contributed by atoms with E-state index < -0.39 is 17.7 Å². The maximum atomic E-state index is 13.1. The van der Waals surface area contributed by atoms with Crippen molar-refractivity contribution in [2.45, 2.75) is 19.5 Å². The number of aliphatic hydroxyl groups excluding tert-OH is 1. The van der Waals surface area contributed by atoms with E-state index in [1.807, 2.05) is 13.0 Å². The van der Waals surface area contributed by atoms with Crippen LogP contribution in [-0.4, -0.2) is 33.3 Å². The summed E-state index contributed by atoms with van der Waals surface area (Å²) in [5.41, 5.74) is 1.90. The lowest BCUT2D eigenvalue weighted by atomic mass is 9.95. The van der Waals surface area contributed by atoms with Crippen molar-refractivity contribution in [3.63, 3.8) is 0 Å². The van der Waals surface area contributed by atoms with Gasteiger partial charge >= 0.3 is 0 Å². The van der Waals surface area contributed by atoms with Gasteiger partial charge in [0.1, 0.15) is 11.5 Å². The van der Waals surface area contributed by atoms with Crippen LogP contribution in [0.3, 0.4) is 0 Å². The van der Waals surface area contributed by atoms with Crippen LogP contribution >= 0.6 is 11.6 Å². The number of aromatic nitrogens is 1. The van der Waals surface area contributed by atoms with Crippen LogP contribution in [0.4, 0.5) is 0 Å². The first kappa shape index (κ1) is 21.6. The normalized spacial score (nSPS) is 17.6. The lowest BCUT2D eigenvalue weighted by Crippen LogP contribution is -2.29. The molecule has 7 heteroatoms. The highest BCUT2D eigenvalue weighted by atomic mass is 35.5. The number of Topliss-reactive ketones (excluding diaryl/α,β-unsaturated/α-hetero) is 1. The standard InChI is InChI=1S/C25H21ClN2O4/c1-2-32-20-11-7-18(8-12-20)23(29)21-22(17-5-9-19(26)10-6-17)28(25(31)24(21)30)15-16-4-3-13-27-14-16/h3-14,22,29H,2,15H2,1H3/b23-21+/t22-/m0/s1. The lowest BCUT2D eigenvalue weighted by Gasteiger charge is -2.25. The van der Waals surface area contributed by atoms with Crippen LogP contribution in [0, 0.1) is 0 Å². The molecule has 1 N–H and O–H groups in total. The maximum absolute atomic E-state index is 13.1. The number of likely N-dealkylation sites (tertiary alicyclic amines) is 1. The number of aliphatic hydroxyl groups is 1. The Labute approximate surface area is 190 Å². The fraction of sp³-hybridized carbons (Fsp3) is 0.160. The summed E-state index contributed by atoms with van der Waals surface area (Å²) >= 11 is 6.05. The van der Waals surface area contributed by atoms with E-state index in [1.165, 1.54) is 4.90 Å². The van der Waals surface area contributed by atoms with E-state index >= 15 is 0 Å². The van der Waals surface area contributed by atoms with Crippen molar-refractivity contribution >= 4 is 29.1 Å². The van der Waals surface area contributed by atoms with Crippen LogP contribution in [0.1, 0.15) is 29.7 Å². The summed E-state index contributed by atoms with van der Waals surface area (Å²) in [5, 5.41) is 11.6. The number of ketones is 1. The number of ether oxygens (including phenoxy) is 1. The first-order valence-corrected chi connectivity index (χ1v) is 10.5. The number of amides is 1. The molecule has 1 aromatic heterocycles. The molecule has 0 bridgehead atoms. The average Bonchev–Trinajstić information content (AvgIpc) is 3.05. The molecule has 2 aromatic carbocycles. The first-order valence-electron chi connectivity index (χ1n) is 10.2. The van der Waals surface area contributed by atoms with Crippen LogP contribution in [0.5, 0.6) is 5.75 Å². The molecule has 0 radical (unpaired) electrons. The Morgan fingerprint density at radius 3 is 2.44 bits per heavy atom.